The summed E-state index contributed by atoms with van der Waals surface area (Å²) in [6.45, 7) is 4.75. The van der Waals surface area contributed by atoms with Gasteiger partial charge in [0.1, 0.15) is 0 Å². The molecule has 1 N–H and O–H groups in total. The smallest absolute Gasteiger partial charge is 0.0596 e. The zero-order valence-electron chi connectivity index (χ0n) is 12.7. The third-order valence-electron chi connectivity index (χ3n) is 6.94. The minimum atomic E-state index is -0.0547. The van der Waals surface area contributed by atoms with Crippen molar-refractivity contribution < 1.29 is 5.11 Å². The van der Waals surface area contributed by atoms with E-state index in [9.17, 15) is 5.11 Å². The summed E-state index contributed by atoms with van der Waals surface area (Å²) in [4.78, 5) is 0. The van der Waals surface area contributed by atoms with Gasteiger partial charge in [-0.2, -0.15) is 0 Å². The third kappa shape index (κ3) is 1.59. The lowest BCUT2D eigenvalue weighted by Gasteiger charge is -2.51. The van der Waals surface area contributed by atoms with Gasteiger partial charge >= 0.3 is 0 Å². The fraction of sp³-hybridized carbons (Fsp3) is 0.684. The number of rotatable bonds is 0. The van der Waals surface area contributed by atoms with E-state index in [1.807, 2.05) is 0 Å². The van der Waals surface area contributed by atoms with E-state index in [0.29, 0.717) is 5.92 Å². The second kappa shape index (κ2) is 4.34. The van der Waals surface area contributed by atoms with Gasteiger partial charge in [-0.3, -0.25) is 0 Å². The van der Waals surface area contributed by atoms with Crippen LogP contribution < -0.4 is 0 Å². The Balaban J connectivity index is 1.75. The number of fused-ring (bicyclic) bond motifs is 5. The molecule has 0 aliphatic heterocycles. The molecule has 6 atom stereocenters. The average Bonchev–Trinajstić information content (AvgIpc) is 2.76. The van der Waals surface area contributed by atoms with E-state index < -0.39 is 0 Å². The van der Waals surface area contributed by atoms with Gasteiger partial charge in [0.15, 0.2) is 0 Å². The van der Waals surface area contributed by atoms with Crippen LogP contribution >= 0.6 is 0 Å². The van der Waals surface area contributed by atoms with Crippen LogP contribution in [0, 0.1) is 17.3 Å². The van der Waals surface area contributed by atoms with Crippen LogP contribution in [0.4, 0.5) is 0 Å². The summed E-state index contributed by atoms with van der Waals surface area (Å²) in [5.74, 6) is 2.99. The molecule has 0 heterocycles. The highest BCUT2D eigenvalue weighted by Gasteiger charge is 2.54. The molecule has 20 heavy (non-hydrogen) atoms. The molecule has 4 rings (SSSR count). The van der Waals surface area contributed by atoms with Crippen molar-refractivity contribution in [3.8, 4) is 0 Å². The van der Waals surface area contributed by atoms with E-state index in [1.165, 1.54) is 25.7 Å². The van der Waals surface area contributed by atoms with Gasteiger partial charge in [-0.25, -0.2) is 0 Å². The number of benzene rings is 1. The predicted molar refractivity (Wildman–Crippen MR) is 81.8 cm³/mol. The van der Waals surface area contributed by atoms with Crippen molar-refractivity contribution in [2.75, 3.05) is 0 Å². The summed E-state index contributed by atoms with van der Waals surface area (Å²) in [7, 11) is 0. The van der Waals surface area contributed by atoms with E-state index in [2.05, 4.69) is 38.1 Å². The van der Waals surface area contributed by atoms with E-state index >= 15 is 0 Å². The van der Waals surface area contributed by atoms with Crippen LogP contribution in [0.15, 0.2) is 24.3 Å². The molecule has 1 nitrogen and oxygen atoms in total. The Morgan fingerprint density at radius 1 is 1.10 bits per heavy atom. The maximum Gasteiger partial charge on any atom is 0.0596 e. The Morgan fingerprint density at radius 2 is 1.85 bits per heavy atom. The summed E-state index contributed by atoms with van der Waals surface area (Å²) in [6.07, 6.45) is 6.03. The molecule has 0 amide bonds. The Hall–Kier alpha value is -0.820. The van der Waals surface area contributed by atoms with E-state index in [4.69, 9.17) is 0 Å². The second-order valence-corrected chi connectivity index (χ2v) is 7.78. The second-order valence-electron chi connectivity index (χ2n) is 7.78. The maximum atomic E-state index is 10.4. The molecule has 1 aromatic carbocycles. The highest BCUT2D eigenvalue weighted by atomic mass is 16.3. The first kappa shape index (κ1) is 12.9. The van der Waals surface area contributed by atoms with E-state index in [1.54, 1.807) is 11.1 Å². The van der Waals surface area contributed by atoms with Crippen LogP contribution in [-0.2, 0) is 0 Å². The van der Waals surface area contributed by atoms with Crippen LogP contribution in [0.1, 0.15) is 68.9 Å². The highest BCUT2D eigenvalue weighted by Crippen LogP contribution is 2.62. The quantitative estimate of drug-likeness (QED) is 0.737. The summed E-state index contributed by atoms with van der Waals surface area (Å²) < 4.78 is 0. The highest BCUT2D eigenvalue weighted by molar-refractivity contribution is 5.37. The Labute approximate surface area is 122 Å². The molecule has 3 aliphatic rings. The zero-order chi connectivity index (χ0) is 13.9. The molecule has 0 aromatic heterocycles. The first-order valence-corrected chi connectivity index (χ1v) is 8.38. The summed E-state index contributed by atoms with van der Waals surface area (Å²) in [5, 5.41) is 10.4. The zero-order valence-corrected chi connectivity index (χ0v) is 12.7. The predicted octanol–water partition coefficient (Wildman–Crippen LogP) is 4.46. The lowest BCUT2D eigenvalue weighted by Crippen LogP contribution is -2.44. The van der Waals surface area contributed by atoms with Gasteiger partial charge in [0, 0.05) is 0 Å². The lowest BCUT2D eigenvalue weighted by atomic mass is 9.54. The Kier molecular flexibility index (Phi) is 2.79. The molecule has 1 aromatic rings. The van der Waals surface area contributed by atoms with Crippen LogP contribution in [0.5, 0.6) is 0 Å². The van der Waals surface area contributed by atoms with Crippen molar-refractivity contribution in [3.05, 3.63) is 35.4 Å². The van der Waals surface area contributed by atoms with Crippen molar-refractivity contribution in [2.24, 2.45) is 17.3 Å². The third-order valence-corrected chi connectivity index (χ3v) is 6.94. The van der Waals surface area contributed by atoms with E-state index in [-0.39, 0.29) is 11.5 Å². The molecule has 0 radical (unpaired) electrons. The molecule has 2 saturated carbocycles. The number of aliphatic hydroxyl groups is 1. The van der Waals surface area contributed by atoms with Crippen molar-refractivity contribution >= 4 is 0 Å². The van der Waals surface area contributed by atoms with Crippen molar-refractivity contribution in [1.82, 2.24) is 0 Å². The molecule has 2 fully saturated rings. The minimum Gasteiger partial charge on any atom is -0.393 e. The van der Waals surface area contributed by atoms with Crippen molar-refractivity contribution in [3.63, 3.8) is 0 Å². The fourth-order valence-corrected chi connectivity index (χ4v) is 5.81. The first-order valence-electron chi connectivity index (χ1n) is 8.38. The summed E-state index contributed by atoms with van der Waals surface area (Å²) >= 11 is 0. The molecular weight excluding hydrogens is 244 g/mol. The summed E-state index contributed by atoms with van der Waals surface area (Å²) in [6, 6.07) is 9.12. The molecule has 108 valence electrons. The van der Waals surface area contributed by atoms with Crippen LogP contribution in [0.2, 0.25) is 0 Å². The minimum absolute atomic E-state index is 0.0547. The monoisotopic (exact) mass is 270 g/mol. The van der Waals surface area contributed by atoms with Gasteiger partial charge in [-0.05, 0) is 72.3 Å². The Morgan fingerprint density at radius 3 is 2.65 bits per heavy atom. The van der Waals surface area contributed by atoms with Crippen LogP contribution in [0.3, 0.4) is 0 Å². The molecule has 5 unspecified atom stereocenters. The van der Waals surface area contributed by atoms with Gasteiger partial charge < -0.3 is 5.11 Å². The standard InChI is InChI=1S/C19H26O/c1-12-11-16-15(14-6-4-3-5-13(12)14)9-10-19(2)17(16)7-8-18(19)20/h3-6,12,15-18,20H,7-11H2,1-2H3/t12-,15?,16?,17?,18?,19?/m0/s1. The number of hydrogen-bond donors (Lipinski definition) is 1. The van der Waals surface area contributed by atoms with Gasteiger partial charge in [0.25, 0.3) is 0 Å². The fourth-order valence-electron chi connectivity index (χ4n) is 5.81. The summed E-state index contributed by atoms with van der Waals surface area (Å²) in [5.41, 5.74) is 3.42. The number of hydrogen-bond acceptors (Lipinski definition) is 1. The first-order chi connectivity index (χ1) is 9.61. The van der Waals surface area contributed by atoms with Gasteiger partial charge in [-0.15, -0.1) is 0 Å². The van der Waals surface area contributed by atoms with Crippen LogP contribution in [0.25, 0.3) is 0 Å². The molecule has 1 heteroatoms. The van der Waals surface area contributed by atoms with Crippen LogP contribution in [-0.4, -0.2) is 11.2 Å². The van der Waals surface area contributed by atoms with E-state index in [0.717, 1.165) is 24.2 Å². The molecular formula is C19H26O. The maximum absolute atomic E-state index is 10.4. The van der Waals surface area contributed by atoms with Gasteiger partial charge in [-0.1, -0.05) is 38.1 Å². The topological polar surface area (TPSA) is 20.2 Å². The van der Waals surface area contributed by atoms with Crippen molar-refractivity contribution in [1.29, 1.82) is 0 Å². The lowest BCUT2D eigenvalue weighted by molar-refractivity contribution is -0.0245. The largest absolute Gasteiger partial charge is 0.393 e. The number of aliphatic hydroxyl groups excluding tert-OH is 1. The molecule has 3 aliphatic carbocycles. The SMILES string of the molecule is C[C@H]1CC2C(CCC3(C)C(O)CCC23)c2ccccc21. The molecule has 0 spiro atoms. The van der Waals surface area contributed by atoms with Gasteiger partial charge in [0.2, 0.25) is 0 Å². The average molecular weight is 270 g/mol. The molecule has 0 saturated heterocycles. The molecule has 0 bridgehead atoms. The normalized spacial score (nSPS) is 46.5. The van der Waals surface area contributed by atoms with Crippen molar-refractivity contribution in [2.45, 2.75) is 63.9 Å². The van der Waals surface area contributed by atoms with Gasteiger partial charge in [0.05, 0.1) is 6.10 Å². The Bertz CT molecular complexity index is 522.